The fourth-order valence-corrected chi connectivity index (χ4v) is 4.72. The third-order valence-corrected chi connectivity index (χ3v) is 7.10. The van der Waals surface area contributed by atoms with E-state index in [0.29, 0.717) is 46.1 Å². The second-order valence-electron chi connectivity index (χ2n) is 9.80. The monoisotopic (exact) mass is 597 g/mol. The molecule has 0 unspecified atom stereocenters. The minimum Gasteiger partial charge on any atom is -0.493 e. The highest BCUT2D eigenvalue weighted by Gasteiger charge is 2.19. The largest absolute Gasteiger partial charge is 0.493 e. The lowest BCUT2D eigenvalue weighted by molar-refractivity contribution is 0.102. The zero-order valence-electron chi connectivity index (χ0n) is 24.8. The number of methoxy groups -OCH3 is 2. The van der Waals surface area contributed by atoms with Gasteiger partial charge in [-0.1, -0.05) is 32.0 Å². The standard InChI is InChI=1S/C33H32FN5O5/c1-5-38(6-2)20-22-16-25(33(41)39(37-22)23-10-8-7-9-11-23)32(40)36-21-12-13-29(26(34)17-21)44-28-14-15-35-27-19-31(43-4)30(42-3)18-24(27)28/h7-19H,5-6,20H2,1-4H3,(H,36,40). The van der Waals surface area contributed by atoms with Crippen LogP contribution >= 0.6 is 0 Å². The van der Waals surface area contributed by atoms with Gasteiger partial charge in [0.2, 0.25) is 0 Å². The molecule has 5 aromatic rings. The van der Waals surface area contributed by atoms with Gasteiger partial charge in [0.25, 0.3) is 11.5 Å². The Morgan fingerprint density at radius 3 is 2.32 bits per heavy atom. The summed E-state index contributed by atoms with van der Waals surface area (Å²) in [6.45, 7) is 6.04. The van der Waals surface area contributed by atoms with Crippen LogP contribution in [0.1, 0.15) is 29.9 Å². The van der Waals surface area contributed by atoms with Gasteiger partial charge in [-0.2, -0.15) is 9.78 Å². The highest BCUT2D eigenvalue weighted by Crippen LogP contribution is 2.37. The van der Waals surface area contributed by atoms with E-state index >= 15 is 4.39 Å². The van der Waals surface area contributed by atoms with Crippen LogP contribution in [0.25, 0.3) is 16.6 Å². The van der Waals surface area contributed by atoms with Crippen LogP contribution in [0, 0.1) is 5.82 Å². The average Bonchev–Trinajstić information content (AvgIpc) is 3.05. The Bertz CT molecular complexity index is 1860. The van der Waals surface area contributed by atoms with Crippen LogP contribution in [0.2, 0.25) is 0 Å². The molecule has 0 aliphatic heterocycles. The molecule has 0 bridgehead atoms. The molecule has 44 heavy (non-hydrogen) atoms. The lowest BCUT2D eigenvalue weighted by Gasteiger charge is -2.18. The van der Waals surface area contributed by atoms with Crippen molar-refractivity contribution in [2.75, 3.05) is 32.6 Å². The molecule has 3 aromatic carbocycles. The molecule has 1 amide bonds. The SMILES string of the molecule is CCN(CC)Cc1cc(C(=O)Nc2ccc(Oc3ccnc4cc(OC)c(OC)cc34)c(F)c2)c(=O)n(-c2ccccc2)n1. The summed E-state index contributed by atoms with van der Waals surface area (Å²) in [5, 5.41) is 7.76. The number of carbonyl (C=O) groups excluding carboxylic acids is 1. The van der Waals surface area contributed by atoms with Gasteiger partial charge >= 0.3 is 0 Å². The second-order valence-corrected chi connectivity index (χ2v) is 9.80. The Morgan fingerprint density at radius 1 is 0.909 bits per heavy atom. The van der Waals surface area contributed by atoms with Gasteiger partial charge in [0, 0.05) is 35.9 Å². The molecule has 2 aromatic heterocycles. The predicted octanol–water partition coefficient (Wildman–Crippen LogP) is 5.82. The van der Waals surface area contributed by atoms with Gasteiger partial charge in [-0.25, -0.2) is 4.39 Å². The van der Waals surface area contributed by atoms with Gasteiger partial charge in [0.1, 0.15) is 11.3 Å². The number of fused-ring (bicyclic) bond motifs is 1. The summed E-state index contributed by atoms with van der Waals surface area (Å²) >= 11 is 0. The van der Waals surface area contributed by atoms with Crippen LogP contribution in [0.3, 0.4) is 0 Å². The molecule has 0 saturated heterocycles. The number of carbonyl (C=O) groups is 1. The molecular formula is C33H32FN5O5. The molecule has 0 spiro atoms. The number of amides is 1. The molecule has 1 N–H and O–H groups in total. The molecule has 0 radical (unpaired) electrons. The number of aromatic nitrogens is 3. The molecule has 11 heteroatoms. The minimum atomic E-state index is -0.716. The maximum Gasteiger partial charge on any atom is 0.284 e. The van der Waals surface area contributed by atoms with Crippen LogP contribution in [0.15, 0.2) is 83.8 Å². The number of hydrogen-bond donors (Lipinski definition) is 1. The summed E-state index contributed by atoms with van der Waals surface area (Å²) in [6, 6.07) is 19.4. The van der Waals surface area contributed by atoms with E-state index in [1.807, 2.05) is 19.9 Å². The molecule has 5 rings (SSSR count). The van der Waals surface area contributed by atoms with Crippen molar-refractivity contribution in [1.29, 1.82) is 0 Å². The van der Waals surface area contributed by atoms with Crippen LogP contribution in [-0.2, 0) is 6.54 Å². The fraction of sp³-hybridized carbons (Fsp3) is 0.212. The Morgan fingerprint density at radius 2 is 1.64 bits per heavy atom. The van der Waals surface area contributed by atoms with E-state index < -0.39 is 17.3 Å². The van der Waals surface area contributed by atoms with Crippen LogP contribution in [0.4, 0.5) is 10.1 Å². The van der Waals surface area contributed by atoms with Gasteiger partial charge in [0.15, 0.2) is 23.1 Å². The van der Waals surface area contributed by atoms with Crippen molar-refractivity contribution in [3.8, 4) is 28.7 Å². The molecule has 0 atom stereocenters. The van der Waals surface area contributed by atoms with E-state index in [-0.39, 0.29) is 17.0 Å². The first-order chi connectivity index (χ1) is 21.3. The zero-order valence-corrected chi connectivity index (χ0v) is 24.8. The van der Waals surface area contributed by atoms with Crippen molar-refractivity contribution in [2.24, 2.45) is 0 Å². The number of para-hydroxylation sites is 1. The lowest BCUT2D eigenvalue weighted by Crippen LogP contribution is -2.32. The Balaban J connectivity index is 1.43. The van der Waals surface area contributed by atoms with E-state index in [0.717, 1.165) is 19.2 Å². The summed E-state index contributed by atoms with van der Waals surface area (Å²) in [7, 11) is 3.04. The van der Waals surface area contributed by atoms with Crippen molar-refractivity contribution >= 4 is 22.5 Å². The number of ether oxygens (including phenoxy) is 3. The van der Waals surface area contributed by atoms with Crippen molar-refractivity contribution in [1.82, 2.24) is 19.7 Å². The van der Waals surface area contributed by atoms with E-state index in [4.69, 9.17) is 14.2 Å². The van der Waals surface area contributed by atoms with Crippen LogP contribution in [-0.4, -0.2) is 52.9 Å². The lowest BCUT2D eigenvalue weighted by atomic mass is 10.1. The Hall–Kier alpha value is -5.29. The molecule has 0 aliphatic rings. The highest BCUT2D eigenvalue weighted by atomic mass is 19.1. The van der Waals surface area contributed by atoms with Gasteiger partial charge < -0.3 is 19.5 Å². The van der Waals surface area contributed by atoms with Gasteiger partial charge in [-0.3, -0.25) is 19.5 Å². The molecule has 0 saturated carbocycles. The summed E-state index contributed by atoms with van der Waals surface area (Å²) in [5.74, 6) is -0.142. The minimum absolute atomic E-state index is 0.0675. The predicted molar refractivity (Wildman–Crippen MR) is 166 cm³/mol. The van der Waals surface area contributed by atoms with Crippen LogP contribution < -0.4 is 25.1 Å². The molecular weight excluding hydrogens is 565 g/mol. The number of benzene rings is 3. The number of rotatable bonds is 11. The zero-order chi connectivity index (χ0) is 31.2. The van der Waals surface area contributed by atoms with Crippen molar-refractivity contribution < 1.29 is 23.4 Å². The maximum absolute atomic E-state index is 15.3. The summed E-state index contributed by atoms with van der Waals surface area (Å²) < 4.78 is 33.1. The number of hydrogen-bond acceptors (Lipinski definition) is 8. The molecule has 2 heterocycles. The van der Waals surface area contributed by atoms with Crippen molar-refractivity contribution in [2.45, 2.75) is 20.4 Å². The number of nitrogens with one attached hydrogen (secondary N) is 1. The smallest absolute Gasteiger partial charge is 0.284 e. The first-order valence-electron chi connectivity index (χ1n) is 14.1. The Labute approximate surface area is 253 Å². The normalized spacial score (nSPS) is 11.0. The molecule has 10 nitrogen and oxygen atoms in total. The van der Waals surface area contributed by atoms with E-state index in [1.54, 1.807) is 48.7 Å². The highest BCUT2D eigenvalue weighted by molar-refractivity contribution is 6.04. The number of pyridine rings is 1. The fourth-order valence-electron chi connectivity index (χ4n) is 4.72. The molecule has 0 fully saturated rings. The number of anilines is 1. The van der Waals surface area contributed by atoms with Crippen molar-refractivity contribution in [3.63, 3.8) is 0 Å². The third kappa shape index (κ3) is 6.37. The van der Waals surface area contributed by atoms with Gasteiger partial charge in [0.05, 0.1) is 31.1 Å². The molecule has 0 aliphatic carbocycles. The summed E-state index contributed by atoms with van der Waals surface area (Å²) in [4.78, 5) is 33.3. The maximum atomic E-state index is 15.3. The van der Waals surface area contributed by atoms with Crippen molar-refractivity contribution in [3.05, 3.63) is 106 Å². The summed E-state index contributed by atoms with van der Waals surface area (Å²) in [5.41, 5.74) is 1.10. The quantitative estimate of drug-likeness (QED) is 0.203. The summed E-state index contributed by atoms with van der Waals surface area (Å²) in [6.07, 6.45) is 1.54. The van der Waals surface area contributed by atoms with Gasteiger partial charge in [-0.05, 0) is 55.6 Å². The topological polar surface area (TPSA) is 108 Å². The average molecular weight is 598 g/mol. The first-order valence-corrected chi connectivity index (χ1v) is 14.1. The number of halogens is 1. The first kappa shape index (κ1) is 30.2. The van der Waals surface area contributed by atoms with E-state index in [9.17, 15) is 9.59 Å². The van der Waals surface area contributed by atoms with E-state index in [1.165, 1.54) is 37.1 Å². The second kappa shape index (κ2) is 13.3. The van der Waals surface area contributed by atoms with Gasteiger partial charge in [-0.15, -0.1) is 0 Å². The Kier molecular flexibility index (Phi) is 9.15. The molecule has 226 valence electrons. The number of nitrogens with zero attached hydrogens (tertiary/aromatic N) is 4. The van der Waals surface area contributed by atoms with Crippen LogP contribution in [0.5, 0.6) is 23.0 Å². The van der Waals surface area contributed by atoms with E-state index in [2.05, 4.69) is 20.3 Å². The third-order valence-electron chi connectivity index (χ3n) is 7.10.